The van der Waals surface area contributed by atoms with Crippen molar-refractivity contribution in [1.82, 2.24) is 0 Å². The summed E-state index contributed by atoms with van der Waals surface area (Å²) in [5.41, 5.74) is 3.02. The Morgan fingerprint density at radius 2 is 1.93 bits per heavy atom. The second kappa shape index (κ2) is 9.63. The van der Waals surface area contributed by atoms with Gasteiger partial charge in [-0.15, -0.1) is 0 Å². The highest BCUT2D eigenvalue weighted by molar-refractivity contribution is 9.10. The van der Waals surface area contributed by atoms with Crippen molar-refractivity contribution in [1.29, 1.82) is 0 Å². The van der Waals surface area contributed by atoms with E-state index >= 15 is 0 Å². The van der Waals surface area contributed by atoms with E-state index < -0.39 is 5.97 Å². The van der Waals surface area contributed by atoms with Crippen LogP contribution in [0.1, 0.15) is 27.0 Å². The molecule has 0 aliphatic heterocycles. The van der Waals surface area contributed by atoms with Gasteiger partial charge in [-0.1, -0.05) is 24.3 Å². The highest BCUT2D eigenvalue weighted by atomic mass is 79.9. The molecule has 0 aliphatic carbocycles. The standard InChI is InChI=1S/C23H21BrFNO4/c1-14-17(23(27)28)7-5-9-20(14)26-12-15-10-18(24)22(21(11-15)29-2)30-13-16-6-3-4-8-19(16)25/h3-11,26H,12-13H2,1-2H3,(H,27,28). The summed E-state index contributed by atoms with van der Waals surface area (Å²) in [5.74, 6) is -0.300. The molecular formula is C23H21BrFNO4. The molecule has 2 N–H and O–H groups in total. The van der Waals surface area contributed by atoms with Crippen LogP contribution in [0.15, 0.2) is 59.1 Å². The van der Waals surface area contributed by atoms with Gasteiger partial charge in [0.1, 0.15) is 12.4 Å². The zero-order valence-electron chi connectivity index (χ0n) is 16.5. The second-order valence-corrected chi connectivity index (χ2v) is 7.48. The van der Waals surface area contributed by atoms with E-state index in [4.69, 9.17) is 9.47 Å². The summed E-state index contributed by atoms with van der Waals surface area (Å²) in [6, 6.07) is 15.3. The molecule has 3 rings (SSSR count). The fourth-order valence-electron chi connectivity index (χ4n) is 3.04. The van der Waals surface area contributed by atoms with Gasteiger partial charge in [0.15, 0.2) is 11.5 Å². The first kappa shape index (κ1) is 21.6. The van der Waals surface area contributed by atoms with Gasteiger partial charge in [0, 0.05) is 17.8 Å². The number of carboxylic acid groups (broad SMARTS) is 1. The molecule has 30 heavy (non-hydrogen) atoms. The molecule has 0 bridgehead atoms. The third kappa shape index (κ3) is 4.91. The van der Waals surface area contributed by atoms with Gasteiger partial charge in [0.2, 0.25) is 0 Å². The van der Waals surface area contributed by atoms with Crippen LogP contribution in [0.3, 0.4) is 0 Å². The number of nitrogens with one attached hydrogen (secondary N) is 1. The molecule has 7 heteroatoms. The van der Waals surface area contributed by atoms with Crippen LogP contribution in [0, 0.1) is 12.7 Å². The van der Waals surface area contributed by atoms with Crippen molar-refractivity contribution in [3.8, 4) is 11.5 Å². The Morgan fingerprint density at radius 1 is 1.17 bits per heavy atom. The van der Waals surface area contributed by atoms with Crippen LogP contribution in [0.4, 0.5) is 10.1 Å². The van der Waals surface area contributed by atoms with Crippen molar-refractivity contribution in [2.75, 3.05) is 12.4 Å². The molecule has 0 fully saturated rings. The molecule has 0 aliphatic rings. The fraction of sp³-hybridized carbons (Fsp3) is 0.174. The fourth-order valence-corrected chi connectivity index (χ4v) is 3.64. The van der Waals surface area contributed by atoms with Crippen molar-refractivity contribution in [3.63, 3.8) is 0 Å². The average Bonchev–Trinajstić information content (AvgIpc) is 2.72. The molecule has 0 saturated carbocycles. The number of halogens is 2. The maximum absolute atomic E-state index is 13.8. The lowest BCUT2D eigenvalue weighted by atomic mass is 10.1. The van der Waals surface area contributed by atoms with E-state index in [9.17, 15) is 14.3 Å². The number of anilines is 1. The maximum atomic E-state index is 13.8. The third-order valence-corrected chi connectivity index (χ3v) is 5.26. The number of ether oxygens (including phenoxy) is 2. The Labute approximate surface area is 182 Å². The summed E-state index contributed by atoms with van der Waals surface area (Å²) in [4.78, 5) is 11.3. The van der Waals surface area contributed by atoms with Crippen molar-refractivity contribution in [3.05, 3.63) is 87.1 Å². The van der Waals surface area contributed by atoms with E-state index in [1.54, 1.807) is 37.3 Å². The lowest BCUT2D eigenvalue weighted by Gasteiger charge is -2.16. The molecule has 156 valence electrons. The quantitative estimate of drug-likeness (QED) is 0.432. The first-order valence-electron chi connectivity index (χ1n) is 9.20. The maximum Gasteiger partial charge on any atom is 0.336 e. The van der Waals surface area contributed by atoms with E-state index in [0.29, 0.717) is 33.6 Å². The van der Waals surface area contributed by atoms with Crippen molar-refractivity contribution in [2.45, 2.75) is 20.1 Å². The van der Waals surface area contributed by atoms with E-state index in [2.05, 4.69) is 21.2 Å². The zero-order valence-corrected chi connectivity index (χ0v) is 18.1. The highest BCUT2D eigenvalue weighted by Gasteiger charge is 2.14. The molecule has 0 atom stereocenters. The molecule has 0 radical (unpaired) electrons. The molecule has 0 amide bonds. The summed E-state index contributed by atoms with van der Waals surface area (Å²) in [6.45, 7) is 2.29. The monoisotopic (exact) mass is 473 g/mol. The SMILES string of the molecule is COc1cc(CNc2cccc(C(=O)O)c2C)cc(Br)c1OCc1ccccc1F. The van der Waals surface area contributed by atoms with Crippen molar-refractivity contribution < 1.29 is 23.8 Å². The summed E-state index contributed by atoms with van der Waals surface area (Å²) in [7, 11) is 1.54. The molecule has 0 unspecified atom stereocenters. The lowest BCUT2D eigenvalue weighted by molar-refractivity contribution is 0.0696. The Bertz CT molecular complexity index is 1070. The van der Waals surface area contributed by atoms with Crippen LogP contribution in [-0.4, -0.2) is 18.2 Å². The molecule has 0 saturated heterocycles. The number of hydrogen-bond donors (Lipinski definition) is 2. The van der Waals surface area contributed by atoms with E-state index in [1.807, 2.05) is 18.2 Å². The number of benzene rings is 3. The van der Waals surface area contributed by atoms with Crippen LogP contribution in [-0.2, 0) is 13.2 Å². The number of rotatable bonds is 8. The number of aromatic carboxylic acids is 1. The summed E-state index contributed by atoms with van der Waals surface area (Å²) < 4.78 is 25.8. The van der Waals surface area contributed by atoms with Crippen molar-refractivity contribution in [2.24, 2.45) is 0 Å². The summed E-state index contributed by atoms with van der Waals surface area (Å²) >= 11 is 3.50. The number of carbonyl (C=O) groups is 1. The minimum Gasteiger partial charge on any atom is -0.493 e. The summed E-state index contributed by atoms with van der Waals surface area (Å²) in [6.07, 6.45) is 0. The molecule has 3 aromatic carbocycles. The molecule has 0 spiro atoms. The molecular weight excluding hydrogens is 453 g/mol. The van der Waals surface area contributed by atoms with Gasteiger partial charge in [0.25, 0.3) is 0 Å². The predicted octanol–water partition coefficient (Wildman–Crippen LogP) is 5.79. The van der Waals surface area contributed by atoms with Gasteiger partial charge in [-0.2, -0.15) is 0 Å². The van der Waals surface area contributed by atoms with Gasteiger partial charge >= 0.3 is 5.97 Å². The van der Waals surface area contributed by atoms with Crippen LogP contribution < -0.4 is 14.8 Å². The minimum atomic E-state index is -0.961. The smallest absolute Gasteiger partial charge is 0.336 e. The van der Waals surface area contributed by atoms with E-state index in [1.165, 1.54) is 13.2 Å². The molecule has 0 heterocycles. The van der Waals surface area contributed by atoms with Gasteiger partial charge in [-0.3, -0.25) is 0 Å². The van der Waals surface area contributed by atoms with Crippen LogP contribution in [0.2, 0.25) is 0 Å². The minimum absolute atomic E-state index is 0.0698. The summed E-state index contributed by atoms with van der Waals surface area (Å²) in [5, 5.41) is 12.5. The molecule has 3 aromatic rings. The first-order valence-corrected chi connectivity index (χ1v) is 9.99. The Hall–Kier alpha value is -3.06. The number of methoxy groups -OCH3 is 1. The molecule has 5 nitrogen and oxygen atoms in total. The number of carboxylic acids is 1. The Balaban J connectivity index is 1.76. The first-order chi connectivity index (χ1) is 14.4. The van der Waals surface area contributed by atoms with Crippen LogP contribution in [0.5, 0.6) is 11.5 Å². The number of hydrogen-bond acceptors (Lipinski definition) is 4. The van der Waals surface area contributed by atoms with Crippen molar-refractivity contribution >= 4 is 27.6 Å². The largest absolute Gasteiger partial charge is 0.493 e. The van der Waals surface area contributed by atoms with E-state index in [-0.39, 0.29) is 18.0 Å². The lowest BCUT2D eigenvalue weighted by Crippen LogP contribution is -2.06. The van der Waals surface area contributed by atoms with Crippen LogP contribution in [0.25, 0.3) is 0 Å². The van der Waals surface area contributed by atoms with Gasteiger partial charge in [-0.05, 0) is 64.3 Å². The topological polar surface area (TPSA) is 67.8 Å². The Kier molecular flexibility index (Phi) is 6.95. The zero-order chi connectivity index (χ0) is 21.7. The molecule has 0 aromatic heterocycles. The normalized spacial score (nSPS) is 10.5. The predicted molar refractivity (Wildman–Crippen MR) is 117 cm³/mol. The highest BCUT2D eigenvalue weighted by Crippen LogP contribution is 2.37. The van der Waals surface area contributed by atoms with E-state index in [0.717, 1.165) is 11.3 Å². The average molecular weight is 474 g/mol. The van der Waals surface area contributed by atoms with Gasteiger partial charge in [-0.25, -0.2) is 9.18 Å². The van der Waals surface area contributed by atoms with Gasteiger partial charge in [0.05, 0.1) is 17.1 Å². The van der Waals surface area contributed by atoms with Gasteiger partial charge < -0.3 is 19.9 Å². The Morgan fingerprint density at radius 3 is 2.63 bits per heavy atom. The van der Waals surface area contributed by atoms with Crippen LogP contribution >= 0.6 is 15.9 Å². The second-order valence-electron chi connectivity index (χ2n) is 6.63. The third-order valence-electron chi connectivity index (χ3n) is 4.67.